The first-order chi connectivity index (χ1) is 39.5. The van der Waals surface area contributed by atoms with Crippen LogP contribution in [0.3, 0.4) is 0 Å². The lowest BCUT2D eigenvalue weighted by Crippen LogP contribution is -2.48. The van der Waals surface area contributed by atoms with E-state index in [-0.39, 0.29) is 66.9 Å². The number of aryl methyl sites for hydroxylation is 1. The summed E-state index contributed by atoms with van der Waals surface area (Å²) in [5, 5.41) is 44.8. The smallest absolute Gasteiger partial charge is 0.268 e. The number of aliphatic hydroxyl groups excluding tert-OH is 2. The second-order valence-electron chi connectivity index (χ2n) is 25.2. The van der Waals surface area contributed by atoms with Crippen LogP contribution in [-0.4, -0.2) is 62.9 Å². The fourth-order valence-electron chi connectivity index (χ4n) is 15.6. The minimum absolute atomic E-state index is 0.0542. The topological polar surface area (TPSA) is 218 Å². The third-order valence-corrected chi connectivity index (χ3v) is 21.1. The van der Waals surface area contributed by atoms with Crippen molar-refractivity contribution in [3.8, 4) is 23.3 Å². The number of unbranched alkanes of at least 4 members (excludes halogenated alkanes) is 2. The molecule has 5 aliphatic heterocycles. The number of hydrogen-bond acceptors (Lipinski definition) is 9. The Morgan fingerprint density at radius 2 is 1.67 bits per heavy atom. The molecular formula is C69H83N3O9S. The van der Waals surface area contributed by atoms with E-state index < -0.39 is 56.7 Å². The summed E-state index contributed by atoms with van der Waals surface area (Å²) in [6.07, 6.45) is 11.8. The molecule has 12 nitrogen and oxygen atoms in total. The van der Waals surface area contributed by atoms with E-state index in [1.54, 1.807) is 12.1 Å². The van der Waals surface area contributed by atoms with Crippen molar-refractivity contribution in [3.05, 3.63) is 177 Å². The molecule has 13 heteroatoms. The van der Waals surface area contributed by atoms with Crippen LogP contribution >= 0.6 is 0 Å². The minimum atomic E-state index is -4.70. The van der Waals surface area contributed by atoms with E-state index in [0.717, 1.165) is 95.9 Å². The maximum atomic E-state index is 14.5. The first kappa shape index (κ1) is 57.8. The van der Waals surface area contributed by atoms with Gasteiger partial charge in [0.2, 0.25) is 5.72 Å². The summed E-state index contributed by atoms with van der Waals surface area (Å²) in [5.74, 6) is 5.05. The molecule has 1 saturated carbocycles. The van der Waals surface area contributed by atoms with Crippen molar-refractivity contribution >= 4 is 16.1 Å². The summed E-state index contributed by atoms with van der Waals surface area (Å²) in [4.78, 5) is 5.17. The molecule has 434 valence electrons. The van der Waals surface area contributed by atoms with Gasteiger partial charge < -0.3 is 41.4 Å². The molecule has 3 aliphatic carbocycles. The zero-order valence-electron chi connectivity index (χ0n) is 47.6. The highest BCUT2D eigenvalue weighted by molar-refractivity contribution is 7.86. The third kappa shape index (κ3) is 12.3. The molecule has 13 rings (SSSR count). The van der Waals surface area contributed by atoms with E-state index in [9.17, 15) is 33.4 Å². The zero-order chi connectivity index (χ0) is 57.3. The summed E-state index contributed by atoms with van der Waals surface area (Å²) in [5.41, 5.74) is 19.4. The van der Waals surface area contributed by atoms with Gasteiger partial charge in [0.05, 0.1) is 23.1 Å². The number of benzene rings is 5. The maximum Gasteiger partial charge on any atom is 0.268 e. The Kier molecular flexibility index (Phi) is 17.1. The SMILES string of the molecule is CCCCC[C@H](O)c1ccc([C@H]2CCC[C@](O)([C@H](Cc3ccccc3)C[C@]3(N=C(N)N)Oc4ccc5c(c4)CC[C@@H](C)[C@@H]5C[C@@H](S(=O)(=O)O)[C@H]4C=C5C[C@H](C[C@H]6C[C@@H](CO)CC#Cc7cc(O)ccc7[C@@H]5O6)[C@@H]4c4ccc3cc4)C2)cc1. The molecule has 0 aromatic heterocycles. The van der Waals surface area contributed by atoms with Crippen molar-refractivity contribution in [3.63, 3.8) is 0 Å². The molecule has 1 saturated heterocycles. The molecule has 8 aliphatic rings. The van der Waals surface area contributed by atoms with E-state index in [4.69, 9.17) is 25.9 Å². The molecule has 0 radical (unpaired) electrons. The van der Waals surface area contributed by atoms with Crippen molar-refractivity contribution in [2.75, 3.05) is 6.61 Å². The number of nitrogens with zero attached hydrogens (tertiary/aromatic N) is 1. The van der Waals surface area contributed by atoms with E-state index in [1.165, 1.54) is 0 Å². The molecule has 2 fully saturated rings. The Hall–Kier alpha value is -5.98. The summed E-state index contributed by atoms with van der Waals surface area (Å²) in [7, 11) is -4.70. The number of hydrogen-bond donors (Lipinski definition) is 7. The highest BCUT2D eigenvalue weighted by Crippen LogP contribution is 2.56. The summed E-state index contributed by atoms with van der Waals surface area (Å²) >= 11 is 0. The molecule has 9 N–H and O–H groups in total. The van der Waals surface area contributed by atoms with Crippen LogP contribution in [0.15, 0.2) is 132 Å². The molecule has 10 bridgehead atoms. The highest BCUT2D eigenvalue weighted by Gasteiger charge is 2.51. The van der Waals surface area contributed by atoms with Gasteiger partial charge in [-0.3, -0.25) is 4.55 Å². The van der Waals surface area contributed by atoms with Crippen LogP contribution in [0.4, 0.5) is 0 Å². The number of aliphatic imine (C=N–C) groups is 1. The minimum Gasteiger partial charge on any atom is -0.508 e. The number of allylic oxidation sites excluding steroid dienone is 1. The Labute approximate surface area is 485 Å². The Bertz CT molecular complexity index is 3300. The van der Waals surface area contributed by atoms with E-state index in [2.05, 4.69) is 80.3 Å². The van der Waals surface area contributed by atoms with Crippen molar-refractivity contribution in [1.82, 2.24) is 0 Å². The molecule has 0 unspecified atom stereocenters. The number of fused-ring (bicyclic) bond motifs is 8. The number of phenolic OH excluding ortho intramolecular Hbond substituents is 1. The van der Waals surface area contributed by atoms with Gasteiger partial charge in [-0.25, -0.2) is 4.99 Å². The monoisotopic (exact) mass is 1130 g/mol. The van der Waals surface area contributed by atoms with Gasteiger partial charge in [-0.05, 0) is 182 Å². The van der Waals surface area contributed by atoms with Crippen LogP contribution in [0, 0.1) is 41.4 Å². The predicted octanol–water partition coefficient (Wildman–Crippen LogP) is 12.1. The van der Waals surface area contributed by atoms with Gasteiger partial charge in [-0.2, -0.15) is 8.42 Å². The number of aliphatic hydroxyl groups is 3. The lowest BCUT2D eigenvalue weighted by atomic mass is 9.64. The summed E-state index contributed by atoms with van der Waals surface area (Å²) in [6, 6.07) is 37.9. The largest absolute Gasteiger partial charge is 0.508 e. The summed E-state index contributed by atoms with van der Waals surface area (Å²) in [6.45, 7) is 4.26. The highest BCUT2D eigenvalue weighted by atomic mass is 32.2. The normalized spacial score (nSPS) is 30.2. The van der Waals surface area contributed by atoms with Crippen molar-refractivity contribution in [1.29, 1.82) is 0 Å². The zero-order valence-corrected chi connectivity index (χ0v) is 48.4. The van der Waals surface area contributed by atoms with Gasteiger partial charge in [-0.15, -0.1) is 0 Å². The van der Waals surface area contributed by atoms with Gasteiger partial charge in [0.15, 0.2) is 5.96 Å². The average Bonchev–Trinajstić information content (AvgIpc) is 3.84. The molecule has 5 aromatic rings. The van der Waals surface area contributed by atoms with Crippen LogP contribution in [-0.2, 0) is 33.4 Å². The van der Waals surface area contributed by atoms with Crippen LogP contribution < -0.4 is 16.2 Å². The molecular weight excluding hydrogens is 1050 g/mol. The maximum absolute atomic E-state index is 14.5. The van der Waals surface area contributed by atoms with E-state index in [0.29, 0.717) is 61.8 Å². The van der Waals surface area contributed by atoms with Crippen LogP contribution in [0.1, 0.15) is 190 Å². The Morgan fingerprint density at radius 3 is 2.41 bits per heavy atom. The Morgan fingerprint density at radius 1 is 0.902 bits per heavy atom. The molecule has 82 heavy (non-hydrogen) atoms. The number of aromatic hydroxyl groups is 1. The quantitative estimate of drug-likeness (QED) is 0.0139. The van der Waals surface area contributed by atoms with Gasteiger partial charge >= 0.3 is 0 Å². The fourth-order valence-corrected chi connectivity index (χ4v) is 16.7. The van der Waals surface area contributed by atoms with Gasteiger partial charge in [0, 0.05) is 42.1 Å². The molecule has 5 aromatic carbocycles. The molecule has 0 spiro atoms. The lowest BCUT2D eigenvalue weighted by molar-refractivity contribution is -0.0834. The molecule has 0 amide bonds. The van der Waals surface area contributed by atoms with Crippen molar-refractivity contribution < 1.29 is 42.9 Å². The average molecular weight is 1130 g/mol. The first-order valence-electron chi connectivity index (χ1n) is 30.3. The predicted molar refractivity (Wildman–Crippen MR) is 321 cm³/mol. The van der Waals surface area contributed by atoms with E-state index in [1.807, 2.05) is 54.6 Å². The van der Waals surface area contributed by atoms with Crippen LogP contribution in [0.5, 0.6) is 11.5 Å². The molecule has 14 atom stereocenters. The third-order valence-electron chi connectivity index (χ3n) is 19.8. The van der Waals surface area contributed by atoms with Crippen LogP contribution in [0.2, 0.25) is 0 Å². The number of nitrogens with two attached hydrogens (primary N) is 2. The van der Waals surface area contributed by atoms with Gasteiger partial charge in [0.1, 0.15) is 17.6 Å². The number of guanidine groups is 1. The number of ether oxygens (including phenoxy) is 2. The molecule has 5 heterocycles. The lowest BCUT2D eigenvalue weighted by Gasteiger charge is -2.46. The van der Waals surface area contributed by atoms with Gasteiger partial charge in [-0.1, -0.05) is 142 Å². The standard InChI is InChI=1S/C69H83N3O9S/c1-3-4-6-16-63(75)47-21-19-46(20-22-47)51-15-10-31-68(76,40-51)55(32-44-11-7-5-8-12-44)41-69(72-67(70)71)54-25-23-48(24-26-54)65-52-34-53(66-60-29-27-56(74)35-49(60)14-9-13-45(42-73)33-58(37-52)80-66)38-62(65)64(82(77,78)79)39-61-43(2)17-18-50-36-57(81-69)28-30-59(50)61/h5,7-8,11-12,19-30,35-36,38,43,45,51-52,55,58,61-66,73-76H,3-4,6,10,13,15-18,31-34,37,39-42H2,1-2H3,(H4,70,71,72)(H,77,78,79)/t43-,45+,51+,52-,55-,58-,61+,62-,63+,64-,65+,66-,68-,69+/m1/s1. The Balaban J connectivity index is 1.05. The van der Waals surface area contributed by atoms with Crippen molar-refractivity contribution in [2.24, 2.45) is 46.0 Å². The van der Waals surface area contributed by atoms with Crippen molar-refractivity contribution in [2.45, 2.75) is 176 Å². The van der Waals surface area contributed by atoms with Crippen LogP contribution in [0.25, 0.3) is 0 Å². The first-order valence-corrected chi connectivity index (χ1v) is 31.8. The fraction of sp³-hybridized carbons (Fsp3) is 0.493. The van der Waals surface area contributed by atoms with Gasteiger partial charge in [0.25, 0.3) is 10.1 Å². The second kappa shape index (κ2) is 24.3. The second-order valence-corrected chi connectivity index (χ2v) is 26.9. The number of rotatable bonds is 14. The summed E-state index contributed by atoms with van der Waals surface area (Å²) < 4.78 is 55.3. The number of phenols is 1. The van der Waals surface area contributed by atoms with E-state index >= 15 is 0 Å².